The average Bonchev–Trinajstić information content (AvgIpc) is 2.87. The lowest BCUT2D eigenvalue weighted by molar-refractivity contribution is -0.0732. The number of aliphatic hydroxyl groups excluding tert-OH is 1. The third-order valence-electron chi connectivity index (χ3n) is 4.47. The van der Waals surface area contributed by atoms with Gasteiger partial charge in [0.1, 0.15) is 0 Å². The SMILES string of the molecule is CCC[C@@H](NS(=O)(=O)c1ccccc1)C(C)N[C@H]1C(C)COC1O. The van der Waals surface area contributed by atoms with Gasteiger partial charge < -0.3 is 15.2 Å². The van der Waals surface area contributed by atoms with E-state index in [9.17, 15) is 13.5 Å². The van der Waals surface area contributed by atoms with Crippen molar-refractivity contribution >= 4 is 10.0 Å². The number of aliphatic hydroxyl groups is 1. The van der Waals surface area contributed by atoms with Gasteiger partial charge in [-0.1, -0.05) is 38.5 Å². The number of ether oxygens (including phenoxy) is 1. The predicted molar refractivity (Wildman–Crippen MR) is 93.0 cm³/mol. The minimum Gasteiger partial charge on any atom is -0.367 e. The van der Waals surface area contributed by atoms with Crippen molar-refractivity contribution in [3.8, 4) is 0 Å². The Bertz CT molecular complexity index is 598. The summed E-state index contributed by atoms with van der Waals surface area (Å²) >= 11 is 0. The first kappa shape index (κ1) is 19.3. The van der Waals surface area contributed by atoms with Crippen LogP contribution in [0, 0.1) is 5.92 Å². The zero-order valence-electron chi connectivity index (χ0n) is 14.5. The van der Waals surface area contributed by atoms with Crippen LogP contribution in [-0.4, -0.2) is 44.5 Å². The third-order valence-corrected chi connectivity index (χ3v) is 5.97. The highest BCUT2D eigenvalue weighted by Gasteiger charge is 2.35. The first-order valence-electron chi connectivity index (χ1n) is 8.48. The number of hydrogen-bond acceptors (Lipinski definition) is 5. The third kappa shape index (κ3) is 4.77. The van der Waals surface area contributed by atoms with Gasteiger partial charge in [0.2, 0.25) is 10.0 Å². The molecule has 5 atom stereocenters. The monoisotopic (exact) mass is 356 g/mol. The van der Waals surface area contributed by atoms with Crippen molar-refractivity contribution in [3.05, 3.63) is 30.3 Å². The average molecular weight is 356 g/mol. The van der Waals surface area contributed by atoms with Gasteiger partial charge in [0.25, 0.3) is 0 Å². The minimum absolute atomic E-state index is 0.132. The van der Waals surface area contributed by atoms with E-state index in [1.165, 1.54) is 0 Å². The van der Waals surface area contributed by atoms with Gasteiger partial charge in [-0.25, -0.2) is 13.1 Å². The molecule has 136 valence electrons. The molecule has 0 aliphatic carbocycles. The van der Waals surface area contributed by atoms with Crippen molar-refractivity contribution in [1.82, 2.24) is 10.0 Å². The van der Waals surface area contributed by atoms with E-state index in [2.05, 4.69) is 10.0 Å². The number of nitrogens with one attached hydrogen (secondary N) is 2. The van der Waals surface area contributed by atoms with Crippen LogP contribution in [0.15, 0.2) is 35.2 Å². The van der Waals surface area contributed by atoms with E-state index in [0.29, 0.717) is 13.0 Å². The standard InChI is InChI=1S/C17H28N2O4S/c1-4-8-15(13(3)18-16-12(2)11-23-17(16)20)19-24(21,22)14-9-6-5-7-10-14/h5-7,9-10,12-13,15-20H,4,8,11H2,1-3H3/t12?,13?,15-,16+,17?/m1/s1. The topological polar surface area (TPSA) is 87.7 Å². The van der Waals surface area contributed by atoms with Crippen molar-refractivity contribution < 1.29 is 18.3 Å². The maximum absolute atomic E-state index is 12.6. The summed E-state index contributed by atoms with van der Waals surface area (Å²) in [5, 5.41) is 13.2. The summed E-state index contributed by atoms with van der Waals surface area (Å²) < 4.78 is 33.2. The Labute approximate surface area is 144 Å². The second-order valence-corrected chi connectivity index (χ2v) is 8.23. The molecule has 0 amide bonds. The molecule has 2 rings (SSSR count). The number of rotatable bonds is 8. The van der Waals surface area contributed by atoms with Gasteiger partial charge in [-0.2, -0.15) is 0 Å². The molecule has 24 heavy (non-hydrogen) atoms. The molecule has 0 radical (unpaired) electrons. The second-order valence-electron chi connectivity index (χ2n) is 6.51. The highest BCUT2D eigenvalue weighted by atomic mass is 32.2. The lowest BCUT2D eigenvalue weighted by atomic mass is 10.0. The lowest BCUT2D eigenvalue weighted by Crippen LogP contribution is -2.54. The van der Waals surface area contributed by atoms with E-state index in [1.54, 1.807) is 30.3 Å². The van der Waals surface area contributed by atoms with Gasteiger partial charge in [-0.15, -0.1) is 0 Å². The molecule has 1 saturated heterocycles. The minimum atomic E-state index is -3.57. The second kappa shape index (κ2) is 8.40. The molecule has 1 aliphatic rings. The fourth-order valence-electron chi connectivity index (χ4n) is 2.99. The van der Waals surface area contributed by atoms with Gasteiger partial charge in [-0.3, -0.25) is 0 Å². The Morgan fingerprint density at radius 1 is 1.33 bits per heavy atom. The summed E-state index contributed by atoms with van der Waals surface area (Å²) in [4.78, 5) is 0.260. The van der Waals surface area contributed by atoms with Crippen molar-refractivity contribution in [2.45, 2.75) is 62.9 Å². The summed E-state index contributed by atoms with van der Waals surface area (Å²) in [5.41, 5.74) is 0. The first-order valence-corrected chi connectivity index (χ1v) is 9.96. The number of benzene rings is 1. The van der Waals surface area contributed by atoms with Crippen LogP contribution >= 0.6 is 0 Å². The molecule has 0 aromatic heterocycles. The molecule has 3 unspecified atom stereocenters. The molecule has 0 spiro atoms. The zero-order valence-corrected chi connectivity index (χ0v) is 15.3. The van der Waals surface area contributed by atoms with Crippen molar-refractivity contribution in [2.75, 3.05) is 6.61 Å². The largest absolute Gasteiger partial charge is 0.367 e. The van der Waals surface area contributed by atoms with Crippen LogP contribution in [-0.2, 0) is 14.8 Å². The predicted octanol–water partition coefficient (Wildman–Crippen LogP) is 1.46. The Balaban J connectivity index is 2.08. The van der Waals surface area contributed by atoms with Crippen LogP contribution < -0.4 is 10.0 Å². The molecule has 3 N–H and O–H groups in total. The maximum Gasteiger partial charge on any atom is 0.240 e. The molecular formula is C17H28N2O4S. The molecule has 6 nitrogen and oxygen atoms in total. The van der Waals surface area contributed by atoms with Crippen LogP contribution in [0.1, 0.15) is 33.6 Å². The van der Waals surface area contributed by atoms with Gasteiger partial charge in [0, 0.05) is 12.1 Å². The van der Waals surface area contributed by atoms with Gasteiger partial charge in [-0.05, 0) is 31.4 Å². The summed E-state index contributed by atoms with van der Waals surface area (Å²) in [6, 6.07) is 7.78. The summed E-state index contributed by atoms with van der Waals surface area (Å²) in [6.07, 6.45) is 0.710. The van der Waals surface area contributed by atoms with Crippen molar-refractivity contribution in [2.24, 2.45) is 5.92 Å². The fourth-order valence-corrected chi connectivity index (χ4v) is 4.37. The first-order chi connectivity index (χ1) is 11.3. The number of sulfonamides is 1. The highest BCUT2D eigenvalue weighted by molar-refractivity contribution is 7.89. The van der Waals surface area contributed by atoms with E-state index in [-0.39, 0.29) is 28.9 Å². The molecule has 0 bridgehead atoms. The van der Waals surface area contributed by atoms with E-state index < -0.39 is 16.3 Å². The Hall–Kier alpha value is -0.990. The maximum atomic E-state index is 12.6. The van der Waals surface area contributed by atoms with Crippen LogP contribution in [0.5, 0.6) is 0 Å². The van der Waals surface area contributed by atoms with E-state index >= 15 is 0 Å². The van der Waals surface area contributed by atoms with Crippen molar-refractivity contribution in [1.29, 1.82) is 0 Å². The molecule has 1 aromatic rings. The van der Waals surface area contributed by atoms with E-state index in [0.717, 1.165) is 6.42 Å². The molecular weight excluding hydrogens is 328 g/mol. The quantitative estimate of drug-likeness (QED) is 0.656. The van der Waals surface area contributed by atoms with E-state index in [1.807, 2.05) is 20.8 Å². The molecule has 1 heterocycles. The Morgan fingerprint density at radius 2 is 2.00 bits per heavy atom. The Morgan fingerprint density at radius 3 is 2.54 bits per heavy atom. The fraction of sp³-hybridized carbons (Fsp3) is 0.647. The highest BCUT2D eigenvalue weighted by Crippen LogP contribution is 2.20. The molecule has 1 aromatic carbocycles. The van der Waals surface area contributed by atoms with Gasteiger partial charge in [0.15, 0.2) is 6.29 Å². The van der Waals surface area contributed by atoms with Gasteiger partial charge >= 0.3 is 0 Å². The van der Waals surface area contributed by atoms with Crippen LogP contribution in [0.25, 0.3) is 0 Å². The lowest BCUT2D eigenvalue weighted by Gasteiger charge is -2.30. The van der Waals surface area contributed by atoms with Crippen LogP contribution in [0.4, 0.5) is 0 Å². The molecule has 1 aliphatic heterocycles. The zero-order chi connectivity index (χ0) is 17.7. The van der Waals surface area contributed by atoms with Crippen LogP contribution in [0.2, 0.25) is 0 Å². The van der Waals surface area contributed by atoms with Gasteiger partial charge in [0.05, 0.1) is 17.5 Å². The molecule has 1 fully saturated rings. The Kier molecular flexibility index (Phi) is 6.77. The summed E-state index contributed by atoms with van der Waals surface area (Å²) in [7, 11) is -3.57. The number of hydrogen-bond donors (Lipinski definition) is 3. The molecule has 7 heteroatoms. The summed E-state index contributed by atoms with van der Waals surface area (Å²) in [5.74, 6) is 0.176. The normalized spacial score (nSPS) is 27.1. The smallest absolute Gasteiger partial charge is 0.240 e. The van der Waals surface area contributed by atoms with Crippen LogP contribution in [0.3, 0.4) is 0 Å². The van der Waals surface area contributed by atoms with Crippen molar-refractivity contribution in [3.63, 3.8) is 0 Å². The molecule has 0 saturated carbocycles. The summed E-state index contributed by atoms with van der Waals surface area (Å²) in [6.45, 7) is 6.46. The van der Waals surface area contributed by atoms with E-state index in [4.69, 9.17) is 4.74 Å².